The molecule has 2 atom stereocenters. The van der Waals surface area contributed by atoms with Crippen LogP contribution in [-0.4, -0.2) is 25.2 Å². The van der Waals surface area contributed by atoms with E-state index in [1.54, 1.807) is 0 Å². The van der Waals surface area contributed by atoms with E-state index >= 15 is 0 Å². The minimum atomic E-state index is 0.286. The van der Waals surface area contributed by atoms with Gasteiger partial charge >= 0.3 is 0 Å². The summed E-state index contributed by atoms with van der Waals surface area (Å²) in [6.07, 6.45) is 0.577. The van der Waals surface area contributed by atoms with Gasteiger partial charge in [-0.3, -0.25) is 0 Å². The molecule has 0 aromatic heterocycles. The van der Waals surface area contributed by atoms with Crippen molar-refractivity contribution in [1.29, 1.82) is 5.26 Å². The van der Waals surface area contributed by atoms with Crippen LogP contribution in [0.15, 0.2) is 30.3 Å². The maximum Gasteiger partial charge on any atom is 0.0638 e. The van der Waals surface area contributed by atoms with Crippen molar-refractivity contribution in [2.24, 2.45) is 0 Å². The van der Waals surface area contributed by atoms with Gasteiger partial charge in [-0.2, -0.15) is 5.26 Å². The van der Waals surface area contributed by atoms with Crippen LogP contribution >= 0.6 is 0 Å². The zero-order chi connectivity index (χ0) is 11.4. The number of piperazine rings is 1. The fourth-order valence-corrected chi connectivity index (χ4v) is 2.26. The molecule has 2 rings (SSSR count). The molecule has 1 N–H and O–H groups in total. The summed E-state index contributed by atoms with van der Waals surface area (Å²) in [6, 6.07) is 13.4. The third-order valence-corrected chi connectivity index (χ3v) is 2.91. The van der Waals surface area contributed by atoms with Crippen molar-refractivity contribution in [3.05, 3.63) is 30.3 Å². The lowest BCUT2D eigenvalue weighted by Crippen LogP contribution is -2.55. The lowest BCUT2D eigenvalue weighted by atomic mass is 10.1. The van der Waals surface area contributed by atoms with Crippen LogP contribution in [0.5, 0.6) is 0 Å². The maximum absolute atomic E-state index is 8.75. The molecule has 3 nitrogen and oxygen atoms in total. The van der Waals surface area contributed by atoms with Gasteiger partial charge in [-0.1, -0.05) is 18.2 Å². The number of hydrogen-bond donors (Lipinski definition) is 1. The van der Waals surface area contributed by atoms with Crippen molar-refractivity contribution in [3.63, 3.8) is 0 Å². The maximum atomic E-state index is 8.75. The van der Waals surface area contributed by atoms with E-state index in [9.17, 15) is 0 Å². The first-order chi connectivity index (χ1) is 7.79. The van der Waals surface area contributed by atoms with Crippen LogP contribution in [0.4, 0.5) is 5.69 Å². The van der Waals surface area contributed by atoms with E-state index in [-0.39, 0.29) is 6.04 Å². The molecule has 3 heteroatoms. The zero-order valence-electron chi connectivity index (χ0n) is 9.56. The number of nitrogens with one attached hydrogen (secondary N) is 1. The normalized spacial score (nSPS) is 25.1. The Kier molecular flexibility index (Phi) is 3.43. The summed E-state index contributed by atoms with van der Waals surface area (Å²) in [4.78, 5) is 2.35. The molecule has 1 aliphatic rings. The minimum absolute atomic E-state index is 0.286. The molecule has 0 saturated carbocycles. The predicted molar refractivity (Wildman–Crippen MR) is 65.3 cm³/mol. The summed E-state index contributed by atoms with van der Waals surface area (Å²) >= 11 is 0. The third-order valence-electron chi connectivity index (χ3n) is 2.91. The molecule has 0 amide bonds. The number of nitrogens with zero attached hydrogens (tertiary/aromatic N) is 2. The first kappa shape index (κ1) is 11.0. The molecular formula is C13H17N3. The fraction of sp³-hybridized carbons (Fsp3) is 0.462. The van der Waals surface area contributed by atoms with Crippen LogP contribution < -0.4 is 10.2 Å². The first-order valence-electron chi connectivity index (χ1n) is 5.72. The quantitative estimate of drug-likeness (QED) is 0.817. The Hall–Kier alpha value is -1.53. The van der Waals surface area contributed by atoms with Crippen LogP contribution in [-0.2, 0) is 0 Å². The van der Waals surface area contributed by atoms with E-state index in [2.05, 4.69) is 47.5 Å². The van der Waals surface area contributed by atoms with Gasteiger partial charge in [0.25, 0.3) is 0 Å². The van der Waals surface area contributed by atoms with E-state index in [0.717, 1.165) is 13.1 Å². The largest absolute Gasteiger partial charge is 0.368 e. The van der Waals surface area contributed by atoms with Gasteiger partial charge in [-0.25, -0.2) is 0 Å². The van der Waals surface area contributed by atoms with Crippen molar-refractivity contribution in [2.45, 2.75) is 25.4 Å². The van der Waals surface area contributed by atoms with E-state index in [4.69, 9.17) is 5.26 Å². The van der Waals surface area contributed by atoms with Crippen LogP contribution in [0.2, 0.25) is 0 Å². The van der Waals surface area contributed by atoms with Crippen LogP contribution in [0, 0.1) is 11.3 Å². The number of hydrogen-bond acceptors (Lipinski definition) is 3. The molecule has 1 aliphatic heterocycles. The highest BCUT2D eigenvalue weighted by Crippen LogP contribution is 2.17. The average Bonchev–Trinajstić information content (AvgIpc) is 2.30. The lowest BCUT2D eigenvalue weighted by molar-refractivity contribution is 0.391. The van der Waals surface area contributed by atoms with Gasteiger partial charge in [-0.05, 0) is 19.1 Å². The van der Waals surface area contributed by atoms with E-state index < -0.39 is 0 Å². The Morgan fingerprint density at radius 1 is 1.38 bits per heavy atom. The van der Waals surface area contributed by atoms with Gasteiger partial charge < -0.3 is 10.2 Å². The second-order valence-electron chi connectivity index (χ2n) is 4.37. The lowest BCUT2D eigenvalue weighted by Gasteiger charge is -2.38. The fourth-order valence-electron chi connectivity index (χ4n) is 2.26. The third kappa shape index (κ3) is 2.53. The van der Waals surface area contributed by atoms with Gasteiger partial charge in [0.2, 0.25) is 0 Å². The molecule has 0 bridgehead atoms. The number of benzene rings is 1. The molecule has 0 spiro atoms. The van der Waals surface area contributed by atoms with Gasteiger partial charge in [0, 0.05) is 30.9 Å². The Labute approximate surface area is 96.7 Å². The van der Waals surface area contributed by atoms with Crippen molar-refractivity contribution >= 4 is 5.69 Å². The van der Waals surface area contributed by atoms with Crippen LogP contribution in [0.25, 0.3) is 0 Å². The second-order valence-corrected chi connectivity index (χ2v) is 4.37. The molecule has 1 aromatic carbocycles. The smallest absolute Gasteiger partial charge is 0.0638 e. The molecule has 16 heavy (non-hydrogen) atoms. The predicted octanol–water partition coefficient (Wildman–Crippen LogP) is 1.77. The van der Waals surface area contributed by atoms with E-state index in [0.29, 0.717) is 12.5 Å². The van der Waals surface area contributed by atoms with Crippen molar-refractivity contribution < 1.29 is 0 Å². The van der Waals surface area contributed by atoms with Gasteiger partial charge in [0.15, 0.2) is 0 Å². The van der Waals surface area contributed by atoms with E-state index in [1.807, 2.05) is 6.07 Å². The summed E-state index contributed by atoms with van der Waals surface area (Å²) in [5, 5.41) is 12.2. The Morgan fingerprint density at radius 3 is 2.81 bits per heavy atom. The molecule has 0 aliphatic carbocycles. The van der Waals surface area contributed by atoms with Crippen molar-refractivity contribution in [1.82, 2.24) is 5.32 Å². The monoisotopic (exact) mass is 215 g/mol. The van der Waals surface area contributed by atoms with Gasteiger partial charge in [0.05, 0.1) is 12.5 Å². The summed E-state index contributed by atoms with van der Waals surface area (Å²) < 4.78 is 0. The Balaban J connectivity index is 2.08. The first-order valence-corrected chi connectivity index (χ1v) is 5.72. The summed E-state index contributed by atoms with van der Waals surface area (Å²) in [5.74, 6) is 0. The molecule has 0 radical (unpaired) electrons. The van der Waals surface area contributed by atoms with Crippen LogP contribution in [0.1, 0.15) is 13.3 Å². The highest BCUT2D eigenvalue weighted by molar-refractivity contribution is 5.47. The van der Waals surface area contributed by atoms with Gasteiger partial charge in [-0.15, -0.1) is 0 Å². The molecule has 1 aromatic rings. The average molecular weight is 215 g/mol. The van der Waals surface area contributed by atoms with Crippen molar-refractivity contribution in [3.8, 4) is 6.07 Å². The molecule has 84 valence electrons. The summed E-state index contributed by atoms with van der Waals surface area (Å²) in [6.45, 7) is 4.09. The molecular weight excluding hydrogens is 198 g/mol. The topological polar surface area (TPSA) is 39.1 Å². The van der Waals surface area contributed by atoms with Crippen molar-refractivity contribution in [2.75, 3.05) is 18.0 Å². The minimum Gasteiger partial charge on any atom is -0.368 e. The molecule has 2 unspecified atom stereocenters. The Morgan fingerprint density at radius 2 is 2.12 bits per heavy atom. The standard InChI is InChI=1S/C13H17N3/c1-11-9-16(10-12(15-11)7-8-14)13-5-3-2-4-6-13/h2-6,11-12,15H,7,9-10H2,1H3. The number of nitriles is 1. The number of rotatable bonds is 2. The van der Waals surface area contributed by atoms with E-state index in [1.165, 1.54) is 5.69 Å². The number of para-hydroxylation sites is 1. The summed E-state index contributed by atoms with van der Waals surface area (Å²) in [7, 11) is 0. The number of anilines is 1. The Bertz CT molecular complexity index is 369. The molecule has 1 heterocycles. The van der Waals surface area contributed by atoms with Crippen LogP contribution in [0.3, 0.4) is 0 Å². The molecule has 1 fully saturated rings. The van der Waals surface area contributed by atoms with Gasteiger partial charge in [0.1, 0.15) is 0 Å². The molecule has 1 saturated heterocycles. The summed E-state index contributed by atoms with van der Waals surface area (Å²) in [5.41, 5.74) is 1.25. The highest BCUT2D eigenvalue weighted by Gasteiger charge is 2.23. The SMILES string of the molecule is CC1CN(c2ccccc2)CC(CC#N)N1. The second kappa shape index (κ2) is 5.00. The zero-order valence-corrected chi connectivity index (χ0v) is 9.56. The highest BCUT2D eigenvalue weighted by atomic mass is 15.2.